The van der Waals surface area contributed by atoms with Crippen LogP contribution in [0, 0.1) is 10.8 Å². The molecule has 0 radical (unpaired) electrons. The molecular formula is C29H35NO4. The van der Waals surface area contributed by atoms with Crippen LogP contribution in [0.3, 0.4) is 0 Å². The SMILES string of the molecule is O=NC(CC(CCCCCCc1ccccc1)C(=O)O)c1ccc2c3c(oc2c1)CCCCC3. The molecule has 4 rings (SSSR count). The summed E-state index contributed by atoms with van der Waals surface area (Å²) in [6.07, 6.45) is 11.4. The molecule has 1 N–H and O–H groups in total. The Morgan fingerprint density at radius 1 is 0.971 bits per heavy atom. The lowest BCUT2D eigenvalue weighted by Gasteiger charge is -2.16. The molecule has 5 heteroatoms. The summed E-state index contributed by atoms with van der Waals surface area (Å²) in [4.78, 5) is 23.6. The average molecular weight is 462 g/mol. The fourth-order valence-corrected chi connectivity index (χ4v) is 5.23. The van der Waals surface area contributed by atoms with Crippen molar-refractivity contribution in [2.45, 2.75) is 83.1 Å². The second kappa shape index (κ2) is 12.0. The van der Waals surface area contributed by atoms with E-state index in [4.69, 9.17) is 4.42 Å². The molecule has 1 heterocycles. The number of benzene rings is 2. The van der Waals surface area contributed by atoms with Gasteiger partial charge >= 0.3 is 5.97 Å². The molecular weight excluding hydrogens is 426 g/mol. The Balaban J connectivity index is 1.32. The lowest BCUT2D eigenvalue weighted by Crippen LogP contribution is -2.16. The molecule has 0 saturated heterocycles. The minimum absolute atomic E-state index is 0.231. The van der Waals surface area contributed by atoms with Gasteiger partial charge in [-0.05, 0) is 62.1 Å². The molecule has 0 spiro atoms. The van der Waals surface area contributed by atoms with Gasteiger partial charge < -0.3 is 9.52 Å². The Morgan fingerprint density at radius 2 is 1.76 bits per heavy atom. The van der Waals surface area contributed by atoms with Gasteiger partial charge in [-0.25, -0.2) is 0 Å². The molecule has 2 aromatic carbocycles. The number of carboxylic acid groups (broad SMARTS) is 1. The molecule has 0 amide bonds. The van der Waals surface area contributed by atoms with E-state index in [0.29, 0.717) is 6.42 Å². The summed E-state index contributed by atoms with van der Waals surface area (Å²) in [5.74, 6) is -0.347. The number of hydrogen-bond donors (Lipinski definition) is 1. The van der Waals surface area contributed by atoms with Crippen LogP contribution in [0.25, 0.3) is 11.0 Å². The summed E-state index contributed by atoms with van der Waals surface area (Å²) in [5, 5.41) is 14.2. The molecule has 1 aromatic heterocycles. The fourth-order valence-electron chi connectivity index (χ4n) is 5.23. The largest absolute Gasteiger partial charge is 0.481 e. The maximum atomic E-state index is 11.9. The van der Waals surface area contributed by atoms with E-state index in [9.17, 15) is 14.8 Å². The van der Waals surface area contributed by atoms with Crippen LogP contribution >= 0.6 is 0 Å². The van der Waals surface area contributed by atoms with Crippen molar-refractivity contribution in [3.63, 3.8) is 0 Å². The van der Waals surface area contributed by atoms with Crippen molar-refractivity contribution in [1.29, 1.82) is 0 Å². The highest BCUT2D eigenvalue weighted by Crippen LogP contribution is 2.35. The van der Waals surface area contributed by atoms with Crippen LogP contribution in [0.2, 0.25) is 0 Å². The molecule has 2 unspecified atom stereocenters. The van der Waals surface area contributed by atoms with Gasteiger partial charge in [0.2, 0.25) is 0 Å². The zero-order valence-corrected chi connectivity index (χ0v) is 19.9. The van der Waals surface area contributed by atoms with Crippen molar-refractivity contribution in [2.75, 3.05) is 0 Å². The van der Waals surface area contributed by atoms with Crippen LogP contribution in [0.1, 0.15) is 86.3 Å². The predicted octanol–water partition coefficient (Wildman–Crippen LogP) is 7.79. The van der Waals surface area contributed by atoms with Crippen LogP contribution in [0.5, 0.6) is 0 Å². The Hall–Kier alpha value is -2.95. The number of rotatable bonds is 12. The van der Waals surface area contributed by atoms with Gasteiger partial charge in [0.1, 0.15) is 17.4 Å². The second-order valence-corrected chi connectivity index (χ2v) is 9.65. The van der Waals surface area contributed by atoms with Crippen molar-refractivity contribution < 1.29 is 14.3 Å². The van der Waals surface area contributed by atoms with Crippen molar-refractivity contribution in [2.24, 2.45) is 11.1 Å². The Morgan fingerprint density at radius 3 is 2.56 bits per heavy atom. The monoisotopic (exact) mass is 461 g/mol. The first-order valence-corrected chi connectivity index (χ1v) is 12.8. The van der Waals surface area contributed by atoms with Crippen LogP contribution in [0.4, 0.5) is 0 Å². The third-order valence-electron chi connectivity index (χ3n) is 7.21. The number of carbonyl (C=O) groups is 1. The van der Waals surface area contributed by atoms with Gasteiger partial charge in [0.15, 0.2) is 0 Å². The number of hydrogen-bond acceptors (Lipinski definition) is 4. The van der Waals surface area contributed by atoms with Crippen LogP contribution in [-0.2, 0) is 24.1 Å². The highest BCUT2D eigenvalue weighted by atomic mass is 16.4. The molecule has 2 atom stereocenters. The highest BCUT2D eigenvalue weighted by Gasteiger charge is 2.25. The Kier molecular flexibility index (Phi) is 8.51. The number of aryl methyl sites for hydroxylation is 3. The lowest BCUT2D eigenvalue weighted by molar-refractivity contribution is -0.142. The quantitative estimate of drug-likeness (QED) is 0.169. The van der Waals surface area contributed by atoms with Gasteiger partial charge in [-0.15, -0.1) is 0 Å². The third kappa shape index (κ3) is 6.13. The standard InChI is InChI=1S/C29H35NO4/c31-29(32)23(14-8-2-1-5-11-21-12-6-3-7-13-21)19-26(30-33)22-17-18-25-24-15-9-4-10-16-27(24)34-28(25)20-22/h3,6-7,12-13,17-18,20,23,26H,1-2,4-5,8-11,14-16,19H2,(H,31,32). The van der Waals surface area contributed by atoms with E-state index in [1.807, 2.05) is 24.3 Å². The predicted molar refractivity (Wildman–Crippen MR) is 135 cm³/mol. The number of furan rings is 1. The molecule has 0 aliphatic heterocycles. The zero-order valence-electron chi connectivity index (χ0n) is 19.9. The molecule has 0 fully saturated rings. The van der Waals surface area contributed by atoms with Crippen LogP contribution in [0.15, 0.2) is 58.1 Å². The molecule has 1 aliphatic carbocycles. The van der Waals surface area contributed by atoms with Gasteiger partial charge in [-0.1, -0.05) is 73.3 Å². The topological polar surface area (TPSA) is 79.9 Å². The summed E-state index contributed by atoms with van der Waals surface area (Å²) < 4.78 is 6.13. The highest BCUT2D eigenvalue weighted by molar-refractivity contribution is 5.83. The Labute approximate surface area is 201 Å². The van der Waals surface area contributed by atoms with Crippen molar-refractivity contribution in [3.05, 3.63) is 75.9 Å². The third-order valence-corrected chi connectivity index (χ3v) is 7.21. The molecule has 180 valence electrons. The smallest absolute Gasteiger partial charge is 0.306 e. The first-order chi connectivity index (χ1) is 16.7. The molecule has 0 saturated carbocycles. The fraction of sp³-hybridized carbons (Fsp3) is 0.483. The van der Waals surface area contributed by atoms with Crippen molar-refractivity contribution >= 4 is 16.9 Å². The molecule has 3 aromatic rings. The van der Waals surface area contributed by atoms with Gasteiger partial charge in [-0.3, -0.25) is 4.79 Å². The van der Waals surface area contributed by atoms with E-state index in [1.54, 1.807) is 0 Å². The minimum atomic E-state index is -0.844. The summed E-state index contributed by atoms with van der Waals surface area (Å²) in [6, 6.07) is 15.6. The van der Waals surface area contributed by atoms with Gasteiger partial charge in [0.25, 0.3) is 0 Å². The van der Waals surface area contributed by atoms with E-state index in [0.717, 1.165) is 73.7 Å². The summed E-state index contributed by atoms with van der Waals surface area (Å²) in [6.45, 7) is 0. The minimum Gasteiger partial charge on any atom is -0.481 e. The van der Waals surface area contributed by atoms with E-state index in [1.165, 1.54) is 24.0 Å². The molecule has 1 aliphatic rings. The van der Waals surface area contributed by atoms with Gasteiger partial charge in [0.05, 0.1) is 5.92 Å². The number of carboxylic acids is 1. The first-order valence-electron chi connectivity index (χ1n) is 12.8. The average Bonchev–Trinajstić information content (AvgIpc) is 3.03. The van der Waals surface area contributed by atoms with E-state index in [-0.39, 0.29) is 6.42 Å². The molecule has 0 bridgehead atoms. The zero-order chi connectivity index (χ0) is 23.8. The maximum Gasteiger partial charge on any atom is 0.306 e. The van der Waals surface area contributed by atoms with Gasteiger partial charge in [-0.2, -0.15) is 4.91 Å². The van der Waals surface area contributed by atoms with E-state index >= 15 is 0 Å². The second-order valence-electron chi connectivity index (χ2n) is 9.65. The number of fused-ring (bicyclic) bond motifs is 3. The summed E-state index contributed by atoms with van der Waals surface area (Å²) in [7, 11) is 0. The molecule has 5 nitrogen and oxygen atoms in total. The number of nitrogens with zero attached hydrogens (tertiary/aromatic N) is 1. The van der Waals surface area contributed by atoms with E-state index < -0.39 is 17.9 Å². The maximum absolute atomic E-state index is 11.9. The van der Waals surface area contributed by atoms with Crippen molar-refractivity contribution in [3.8, 4) is 0 Å². The van der Waals surface area contributed by atoms with Gasteiger partial charge in [0, 0.05) is 17.4 Å². The number of nitroso groups, excluding NO2 is 1. The Bertz CT molecular complexity index is 1090. The lowest BCUT2D eigenvalue weighted by atomic mass is 9.90. The summed E-state index contributed by atoms with van der Waals surface area (Å²) in [5.41, 5.74) is 4.19. The normalized spacial score (nSPS) is 15.4. The van der Waals surface area contributed by atoms with Crippen LogP contribution in [-0.4, -0.2) is 11.1 Å². The summed E-state index contributed by atoms with van der Waals surface area (Å²) >= 11 is 0. The van der Waals surface area contributed by atoms with Crippen molar-refractivity contribution in [1.82, 2.24) is 0 Å². The van der Waals surface area contributed by atoms with E-state index in [2.05, 4.69) is 29.4 Å². The first kappa shape index (κ1) is 24.2. The number of unbranched alkanes of at least 4 members (excludes halogenated alkanes) is 3. The number of aliphatic carboxylic acids is 1. The van der Waals surface area contributed by atoms with Crippen LogP contribution < -0.4 is 0 Å². The molecule has 34 heavy (non-hydrogen) atoms.